The normalized spacial score (nSPS) is 14.8. The molecule has 1 aromatic rings. The van der Waals surface area contributed by atoms with Crippen LogP contribution in [0.5, 0.6) is 11.5 Å². The third-order valence-electron chi connectivity index (χ3n) is 3.77. The van der Waals surface area contributed by atoms with Crippen LogP contribution in [0.1, 0.15) is 33.6 Å². The molecular formula is C19H26F6N2O6S. The van der Waals surface area contributed by atoms with E-state index in [0.717, 1.165) is 38.1 Å². The number of sulfonamides is 1. The van der Waals surface area contributed by atoms with Crippen molar-refractivity contribution in [1.29, 1.82) is 0 Å². The monoisotopic (exact) mass is 524 g/mol. The van der Waals surface area contributed by atoms with Gasteiger partial charge < -0.3 is 19.1 Å². The van der Waals surface area contributed by atoms with Gasteiger partial charge in [-0.1, -0.05) is 0 Å². The largest absolute Gasteiger partial charge is 0.484 e. The van der Waals surface area contributed by atoms with Gasteiger partial charge in [-0.3, -0.25) is 0 Å². The number of rotatable bonds is 5. The van der Waals surface area contributed by atoms with Gasteiger partial charge in [-0.25, -0.2) is 18.4 Å². The molecular weight excluding hydrogens is 498 g/mol. The quantitative estimate of drug-likeness (QED) is 0.578. The van der Waals surface area contributed by atoms with Crippen LogP contribution in [0.4, 0.5) is 31.1 Å². The summed E-state index contributed by atoms with van der Waals surface area (Å²) in [6.45, 7) is 3.88. The first-order chi connectivity index (χ1) is 15.3. The Morgan fingerprint density at radius 2 is 1.47 bits per heavy atom. The second-order valence-corrected chi connectivity index (χ2v) is 9.67. The molecule has 0 atom stereocenters. The molecule has 34 heavy (non-hydrogen) atoms. The molecule has 1 aliphatic heterocycles. The minimum atomic E-state index is -4.74. The zero-order valence-electron chi connectivity index (χ0n) is 18.6. The van der Waals surface area contributed by atoms with Gasteiger partial charge in [0.05, 0.1) is 0 Å². The molecule has 1 amide bonds. The van der Waals surface area contributed by atoms with Crippen molar-refractivity contribution in [2.75, 3.05) is 26.3 Å². The summed E-state index contributed by atoms with van der Waals surface area (Å²) in [6.07, 6.45) is -7.35. The molecule has 0 spiro atoms. The summed E-state index contributed by atoms with van der Waals surface area (Å²) in [7, 11) is -4.53. The van der Waals surface area contributed by atoms with Gasteiger partial charge in [-0.15, -0.1) is 0 Å². The zero-order chi connectivity index (χ0) is 26.4. The number of halogens is 6. The van der Waals surface area contributed by atoms with Gasteiger partial charge in [-0.2, -0.15) is 26.3 Å². The Hall–Kier alpha value is -2.42. The first-order valence-corrected chi connectivity index (χ1v) is 11.4. The molecule has 2 rings (SSSR count). The van der Waals surface area contributed by atoms with Crippen LogP contribution in [0.25, 0.3) is 0 Å². The van der Waals surface area contributed by atoms with E-state index in [1.807, 2.05) is 20.8 Å². The Labute approximate surface area is 193 Å². The topological polar surface area (TPSA) is 108 Å². The summed E-state index contributed by atoms with van der Waals surface area (Å²) < 4.78 is 108. The minimum absolute atomic E-state index is 0.167. The van der Waals surface area contributed by atoms with E-state index in [4.69, 9.17) is 9.88 Å². The van der Waals surface area contributed by atoms with Crippen LogP contribution in [0, 0.1) is 0 Å². The van der Waals surface area contributed by atoms with Gasteiger partial charge in [0.15, 0.2) is 13.2 Å². The molecule has 0 radical (unpaired) electrons. The number of benzene rings is 1. The lowest BCUT2D eigenvalue weighted by molar-refractivity contribution is -0.154. The van der Waals surface area contributed by atoms with E-state index in [9.17, 15) is 39.6 Å². The number of carbonyl (C=O) groups excluding carboxylic acids is 1. The summed E-state index contributed by atoms with van der Waals surface area (Å²) in [5.74, 6) is -1.29. The molecule has 0 saturated carbocycles. The van der Waals surface area contributed by atoms with Crippen molar-refractivity contribution in [2.24, 2.45) is 5.14 Å². The highest BCUT2D eigenvalue weighted by Gasteiger charge is 2.31. The number of carbonyl (C=O) groups is 1. The standard InChI is InChI=1S/C10H9F6NO4S.C9H17NO2/c11-9(12,13)4-20-6-1-2-7(21-5-10(14,15)16)8(3-6)22(17,18)19;1-9(2,3)12-8(11)10-6-4-5-7-10/h1-3H,4-5H2,(H2,17,18,19);4-7H2,1-3H3. The Morgan fingerprint density at radius 3 is 1.91 bits per heavy atom. The molecule has 1 heterocycles. The molecule has 0 bridgehead atoms. The van der Waals surface area contributed by atoms with E-state index in [2.05, 4.69) is 9.47 Å². The Balaban J connectivity index is 0.000000404. The number of hydrogen-bond acceptors (Lipinski definition) is 6. The summed E-state index contributed by atoms with van der Waals surface area (Å²) >= 11 is 0. The van der Waals surface area contributed by atoms with Crippen molar-refractivity contribution in [3.63, 3.8) is 0 Å². The lowest BCUT2D eigenvalue weighted by Gasteiger charge is -2.23. The first-order valence-electron chi connectivity index (χ1n) is 9.81. The fourth-order valence-electron chi connectivity index (χ4n) is 2.47. The second-order valence-electron chi connectivity index (χ2n) is 8.14. The molecule has 15 heteroatoms. The highest BCUT2D eigenvalue weighted by atomic mass is 32.2. The smallest absolute Gasteiger partial charge is 0.422 e. The predicted octanol–water partition coefficient (Wildman–Crippen LogP) is 4.23. The van der Waals surface area contributed by atoms with Crippen molar-refractivity contribution in [1.82, 2.24) is 4.90 Å². The summed E-state index contributed by atoms with van der Waals surface area (Å²) in [5, 5.41) is 4.78. The molecule has 1 aliphatic rings. The maximum Gasteiger partial charge on any atom is 0.422 e. The van der Waals surface area contributed by atoms with Crippen molar-refractivity contribution < 1.29 is 53.8 Å². The van der Waals surface area contributed by atoms with Crippen LogP contribution in [-0.2, 0) is 14.8 Å². The van der Waals surface area contributed by atoms with Gasteiger partial charge in [0, 0.05) is 19.2 Å². The molecule has 1 aromatic carbocycles. The van der Waals surface area contributed by atoms with Gasteiger partial charge >= 0.3 is 18.4 Å². The Bertz CT molecular complexity index is 923. The average molecular weight is 524 g/mol. The third-order valence-corrected chi connectivity index (χ3v) is 4.71. The minimum Gasteiger partial charge on any atom is -0.484 e. The number of nitrogens with two attached hydrogens (primary N) is 1. The molecule has 0 aliphatic carbocycles. The maximum atomic E-state index is 12.0. The second kappa shape index (κ2) is 11.3. The first kappa shape index (κ1) is 29.6. The van der Waals surface area contributed by atoms with Gasteiger partial charge in [0.25, 0.3) is 0 Å². The van der Waals surface area contributed by atoms with Gasteiger partial charge in [0.1, 0.15) is 22.0 Å². The highest BCUT2D eigenvalue weighted by molar-refractivity contribution is 7.89. The molecule has 1 saturated heterocycles. The average Bonchev–Trinajstić information content (AvgIpc) is 3.17. The molecule has 1 fully saturated rings. The summed E-state index contributed by atoms with van der Waals surface area (Å²) in [5.41, 5.74) is -0.361. The van der Waals surface area contributed by atoms with Crippen LogP contribution in [0.15, 0.2) is 23.1 Å². The van der Waals surface area contributed by atoms with Crippen LogP contribution in [-0.4, -0.2) is 63.7 Å². The van der Waals surface area contributed by atoms with Crippen LogP contribution < -0.4 is 14.6 Å². The Morgan fingerprint density at radius 1 is 0.971 bits per heavy atom. The number of hydrogen-bond donors (Lipinski definition) is 1. The van der Waals surface area contributed by atoms with Crippen LogP contribution in [0.3, 0.4) is 0 Å². The molecule has 0 aromatic heterocycles. The van der Waals surface area contributed by atoms with E-state index < -0.39 is 52.0 Å². The van der Waals surface area contributed by atoms with E-state index in [-0.39, 0.29) is 11.7 Å². The zero-order valence-corrected chi connectivity index (χ0v) is 19.4. The maximum absolute atomic E-state index is 12.0. The number of likely N-dealkylation sites (tertiary alicyclic amines) is 1. The number of primary sulfonamides is 1. The van der Waals surface area contributed by atoms with E-state index in [0.29, 0.717) is 6.07 Å². The van der Waals surface area contributed by atoms with Gasteiger partial charge in [-0.05, 0) is 45.7 Å². The predicted molar refractivity (Wildman–Crippen MR) is 108 cm³/mol. The van der Waals surface area contributed by atoms with Crippen molar-refractivity contribution in [3.05, 3.63) is 18.2 Å². The Kier molecular flexibility index (Phi) is 9.87. The molecule has 196 valence electrons. The van der Waals surface area contributed by atoms with Crippen LogP contribution in [0.2, 0.25) is 0 Å². The van der Waals surface area contributed by atoms with E-state index in [1.54, 1.807) is 4.90 Å². The van der Waals surface area contributed by atoms with Crippen molar-refractivity contribution in [3.8, 4) is 11.5 Å². The number of alkyl halides is 6. The number of nitrogens with zero attached hydrogens (tertiary/aromatic N) is 1. The lowest BCUT2D eigenvalue weighted by Crippen LogP contribution is -2.34. The SMILES string of the molecule is CC(C)(C)OC(=O)N1CCCC1.NS(=O)(=O)c1cc(OCC(F)(F)F)ccc1OCC(F)(F)F. The van der Waals surface area contributed by atoms with E-state index in [1.165, 1.54) is 0 Å². The summed E-state index contributed by atoms with van der Waals surface area (Å²) in [4.78, 5) is 12.2. The number of ether oxygens (including phenoxy) is 3. The lowest BCUT2D eigenvalue weighted by atomic mass is 10.2. The molecule has 2 N–H and O–H groups in total. The van der Waals surface area contributed by atoms with Crippen molar-refractivity contribution >= 4 is 16.1 Å². The summed E-state index contributed by atoms with van der Waals surface area (Å²) in [6, 6.07) is 2.09. The van der Waals surface area contributed by atoms with Gasteiger partial charge in [0.2, 0.25) is 10.0 Å². The van der Waals surface area contributed by atoms with E-state index >= 15 is 0 Å². The van der Waals surface area contributed by atoms with Crippen molar-refractivity contribution in [2.45, 2.75) is 56.5 Å². The third kappa shape index (κ3) is 12.2. The number of amides is 1. The molecule has 0 unspecified atom stereocenters. The van der Waals surface area contributed by atoms with Crippen LogP contribution >= 0.6 is 0 Å². The fraction of sp³-hybridized carbons (Fsp3) is 0.632. The molecule has 8 nitrogen and oxygen atoms in total. The highest BCUT2D eigenvalue weighted by Crippen LogP contribution is 2.30. The fourth-order valence-corrected chi connectivity index (χ4v) is 3.16.